The average molecular weight is 616 g/mol. The summed E-state index contributed by atoms with van der Waals surface area (Å²) < 4.78 is 6.58. The normalized spacial score (nSPS) is 14.9. The van der Waals surface area contributed by atoms with Gasteiger partial charge in [0.05, 0.1) is 0 Å². The van der Waals surface area contributed by atoms with E-state index in [9.17, 15) is 14.7 Å². The number of carboxylic acids is 1. The number of benzene rings is 3. The Balaban J connectivity index is 0.00000506. The topological polar surface area (TPSA) is 75.6 Å². The molecule has 2 atom stereocenters. The molecule has 1 amide bonds. The Kier molecular flexibility index (Phi) is 14.7. The number of ether oxygens (including phenoxy) is 1. The number of carbonyl (C=O) groups is 2. The summed E-state index contributed by atoms with van der Waals surface area (Å²) in [7, 11) is 0. The van der Waals surface area contributed by atoms with Gasteiger partial charge < -0.3 is 15.2 Å². The molecule has 226 valence electrons. The molecule has 4 rings (SSSR count). The molecule has 1 saturated carbocycles. The molecule has 1 fully saturated rings. The van der Waals surface area contributed by atoms with Gasteiger partial charge in [0.2, 0.25) is 0 Å². The van der Waals surface area contributed by atoms with Crippen LogP contribution in [0.5, 0.6) is 0 Å². The fraction of sp³-hybridized carbons (Fsp3) is 0.429. The molecule has 0 saturated heterocycles. The third kappa shape index (κ3) is 10.2. The quantitative estimate of drug-likeness (QED) is 0.142. The molecule has 2 unspecified atom stereocenters. The summed E-state index contributed by atoms with van der Waals surface area (Å²) >= 11 is 7.96. The summed E-state index contributed by atoms with van der Waals surface area (Å²) in [5, 5.41) is 13.1. The Morgan fingerprint density at radius 2 is 1.74 bits per heavy atom. The number of amides is 1. The zero-order valence-corrected chi connectivity index (χ0v) is 26.2. The second-order valence-electron chi connectivity index (χ2n) is 11.2. The van der Waals surface area contributed by atoms with Gasteiger partial charge in [-0.05, 0) is 96.2 Å². The summed E-state index contributed by atoms with van der Waals surface area (Å²) in [6, 6.07) is 20.4. The first-order valence-electron chi connectivity index (χ1n) is 15.0. The molecule has 0 radical (unpaired) electrons. The number of aliphatic carboxylic acids is 1. The second-order valence-corrected chi connectivity index (χ2v) is 12.6. The van der Waals surface area contributed by atoms with E-state index in [2.05, 4.69) is 5.32 Å². The number of thioether (sulfide) groups is 1. The first kappa shape index (κ1) is 35.3. The monoisotopic (exact) mass is 615 g/mol. The molecule has 1 aliphatic carbocycles. The maximum atomic E-state index is 13.6. The van der Waals surface area contributed by atoms with Gasteiger partial charge in [-0.3, -0.25) is 4.79 Å². The van der Waals surface area contributed by atoms with Crippen molar-refractivity contribution in [1.29, 1.82) is 0 Å². The van der Waals surface area contributed by atoms with Crippen molar-refractivity contribution in [3.05, 3.63) is 94.0 Å². The van der Waals surface area contributed by atoms with Crippen LogP contribution in [0, 0.1) is 12.8 Å². The molecule has 0 spiro atoms. The zero-order chi connectivity index (χ0) is 29.9. The maximum absolute atomic E-state index is 13.6. The van der Waals surface area contributed by atoms with Crippen molar-refractivity contribution in [2.24, 2.45) is 5.92 Å². The van der Waals surface area contributed by atoms with E-state index in [0.29, 0.717) is 29.4 Å². The van der Waals surface area contributed by atoms with Crippen LogP contribution in [-0.2, 0) is 9.53 Å². The number of halogens is 1. The van der Waals surface area contributed by atoms with E-state index in [-0.39, 0.29) is 25.0 Å². The number of rotatable bonds is 14. The van der Waals surface area contributed by atoms with Crippen LogP contribution in [0.3, 0.4) is 0 Å². The Morgan fingerprint density at radius 3 is 2.44 bits per heavy atom. The number of carbonyl (C=O) groups excluding carboxylic acids is 1. The predicted molar refractivity (Wildman–Crippen MR) is 181 cm³/mol. The van der Waals surface area contributed by atoms with Crippen molar-refractivity contribution in [2.45, 2.75) is 70.4 Å². The summed E-state index contributed by atoms with van der Waals surface area (Å²) in [6.45, 7) is 2.64. The van der Waals surface area contributed by atoms with E-state index in [0.717, 1.165) is 40.2 Å². The van der Waals surface area contributed by atoms with E-state index in [4.69, 9.17) is 16.3 Å². The van der Waals surface area contributed by atoms with Crippen LogP contribution < -0.4 is 5.32 Å². The van der Waals surface area contributed by atoms with E-state index in [1.165, 1.54) is 38.5 Å². The number of carboxylic acid groups (broad SMARTS) is 1. The van der Waals surface area contributed by atoms with Crippen molar-refractivity contribution in [1.82, 2.24) is 5.32 Å². The Bertz CT molecular complexity index is 1350. The molecule has 5 nitrogen and oxygen atoms in total. The molecule has 0 aliphatic heterocycles. The zero-order valence-electron chi connectivity index (χ0n) is 24.6. The summed E-state index contributed by atoms with van der Waals surface area (Å²) in [5.74, 6) is -0.00153. The number of nitrogens with one attached hydrogen (secondary N) is 1. The molecule has 0 bridgehead atoms. The molecule has 2 N–H and O–H groups in total. The number of hydrogen-bond acceptors (Lipinski definition) is 4. The van der Waals surface area contributed by atoms with Gasteiger partial charge in [-0.25, -0.2) is 4.79 Å². The molecule has 0 heterocycles. The molecule has 3 aromatic carbocycles. The van der Waals surface area contributed by atoms with Crippen molar-refractivity contribution in [3.63, 3.8) is 0 Å². The van der Waals surface area contributed by atoms with Gasteiger partial charge in [-0.2, -0.15) is 11.8 Å². The van der Waals surface area contributed by atoms with Gasteiger partial charge in [-0.1, -0.05) is 86.2 Å². The van der Waals surface area contributed by atoms with Crippen LogP contribution in [0.15, 0.2) is 66.7 Å². The predicted octanol–water partition coefficient (Wildman–Crippen LogP) is 8.07. The van der Waals surface area contributed by atoms with Crippen LogP contribution in [0.25, 0.3) is 11.1 Å². The van der Waals surface area contributed by atoms with Crippen LogP contribution in [0.4, 0.5) is 0 Å². The van der Waals surface area contributed by atoms with Crippen LogP contribution in [0.1, 0.15) is 84.5 Å². The van der Waals surface area contributed by atoms with E-state index in [1.807, 2.05) is 73.8 Å². The van der Waals surface area contributed by atoms with Crippen molar-refractivity contribution < 1.29 is 19.4 Å². The van der Waals surface area contributed by atoms with Crippen LogP contribution in [-0.4, -0.2) is 60.5 Å². The van der Waals surface area contributed by atoms with Crippen molar-refractivity contribution in [3.8, 4) is 11.1 Å². The summed E-state index contributed by atoms with van der Waals surface area (Å²) in [4.78, 5) is 25.4. The molecule has 3 aromatic rings. The van der Waals surface area contributed by atoms with Gasteiger partial charge >= 0.3 is 24.8 Å². The fourth-order valence-electron chi connectivity index (χ4n) is 5.85. The van der Waals surface area contributed by atoms with Crippen molar-refractivity contribution >= 4 is 54.1 Å². The first-order chi connectivity index (χ1) is 20.4. The Labute approximate surface area is 277 Å². The molecule has 0 aromatic heterocycles. The van der Waals surface area contributed by atoms with Gasteiger partial charge in [-0.15, -0.1) is 0 Å². The third-order valence-electron chi connectivity index (χ3n) is 8.16. The molecular weight excluding hydrogens is 573 g/mol. The standard InChI is InChI=1S/C35H42ClNO4S.Li.H/c1-24-10-6-7-16-29(24)31-23-27(17-18-30(31)34(38)37-32(35(39)40)19-21-42-2)33(26-14-8-15-28(36)22-26)41-20-9-13-25-11-4-3-5-12-25;;/h6-8,10,14-18,22-23,25,32-33H,3-5,9,11-13,19-21H2,1-2H3,(H,37,38)(H,39,40);;. The van der Waals surface area contributed by atoms with Gasteiger partial charge in [0, 0.05) is 17.2 Å². The average Bonchev–Trinajstić information content (AvgIpc) is 2.99. The Morgan fingerprint density at radius 1 is 1.00 bits per heavy atom. The van der Waals surface area contributed by atoms with Gasteiger partial charge in [0.15, 0.2) is 0 Å². The van der Waals surface area contributed by atoms with E-state index >= 15 is 0 Å². The van der Waals surface area contributed by atoms with Crippen LogP contribution >= 0.6 is 23.4 Å². The minimum absolute atomic E-state index is 0. The SMILES string of the molecule is CSCCC(NC(=O)c1ccc(C(OCCCC2CCCCC2)c2cccc(Cl)c2)cc1-c1ccccc1C)C(=O)O.[LiH]. The summed E-state index contributed by atoms with van der Waals surface area (Å²) in [5.41, 5.74) is 5.00. The van der Waals surface area contributed by atoms with E-state index < -0.39 is 17.9 Å². The van der Waals surface area contributed by atoms with E-state index in [1.54, 1.807) is 17.8 Å². The van der Waals surface area contributed by atoms with Crippen LogP contribution in [0.2, 0.25) is 5.02 Å². The first-order valence-corrected chi connectivity index (χ1v) is 16.7. The third-order valence-corrected chi connectivity index (χ3v) is 9.04. The fourth-order valence-corrected chi connectivity index (χ4v) is 6.52. The Hall–Kier alpha value is -2.20. The molecule has 43 heavy (non-hydrogen) atoms. The second kappa shape index (κ2) is 17.9. The number of aryl methyl sites for hydroxylation is 1. The molecule has 1 aliphatic rings. The molecule has 8 heteroatoms. The van der Waals surface area contributed by atoms with Crippen molar-refractivity contribution in [2.75, 3.05) is 18.6 Å². The number of hydrogen-bond donors (Lipinski definition) is 2. The van der Waals surface area contributed by atoms with Gasteiger partial charge in [0.1, 0.15) is 12.1 Å². The molecular formula is C35H43ClLiNO4S. The van der Waals surface area contributed by atoms with Gasteiger partial charge in [0.25, 0.3) is 5.91 Å². The summed E-state index contributed by atoms with van der Waals surface area (Å²) in [6.07, 6.45) is 10.8. The minimum atomic E-state index is -1.03.